The van der Waals surface area contributed by atoms with Crippen LogP contribution in [0.1, 0.15) is 49.1 Å². The van der Waals surface area contributed by atoms with Crippen LogP contribution in [0.5, 0.6) is 0 Å². The number of H-pyrrole nitrogens is 1. The van der Waals surface area contributed by atoms with Crippen molar-refractivity contribution in [2.24, 2.45) is 5.73 Å². The molecule has 148 valence electrons. The number of rotatable bonds is 5. The monoisotopic (exact) mass is 397 g/mol. The van der Waals surface area contributed by atoms with Crippen LogP contribution >= 0.6 is 12.4 Å². The van der Waals surface area contributed by atoms with Gasteiger partial charge in [0.15, 0.2) is 0 Å². The molecule has 4 N–H and O–H groups in total. The Hall–Kier alpha value is -2.30. The second-order valence-electron chi connectivity index (χ2n) is 7.68. The van der Waals surface area contributed by atoms with Crippen molar-refractivity contribution in [2.75, 3.05) is 6.54 Å². The highest BCUT2D eigenvalue weighted by molar-refractivity contribution is 5.87. The Bertz CT molecular complexity index is 916. The van der Waals surface area contributed by atoms with E-state index in [0.29, 0.717) is 6.54 Å². The maximum atomic E-state index is 12.8. The van der Waals surface area contributed by atoms with Crippen LogP contribution in [0.25, 0.3) is 10.9 Å². The molecular weight excluding hydrogens is 370 g/mol. The summed E-state index contributed by atoms with van der Waals surface area (Å²) in [7, 11) is 0. The second kappa shape index (κ2) is 8.80. The molecule has 1 unspecified atom stereocenters. The number of carbonyl (C=O) groups is 1. The largest absolute Gasteiger partial charge is 0.361 e. The molecule has 1 aromatic heterocycles. The Morgan fingerprint density at radius 3 is 2.46 bits per heavy atom. The lowest BCUT2D eigenvalue weighted by Crippen LogP contribution is -2.55. The average molecular weight is 398 g/mol. The number of amides is 1. The zero-order chi connectivity index (χ0) is 18.7. The number of fused-ring (bicyclic) bond motifs is 1. The van der Waals surface area contributed by atoms with Gasteiger partial charge in [-0.25, -0.2) is 0 Å². The molecule has 2 aromatic carbocycles. The molecule has 0 aliphatic heterocycles. The lowest BCUT2D eigenvalue weighted by Gasteiger charge is -2.32. The fourth-order valence-corrected chi connectivity index (χ4v) is 4.26. The van der Waals surface area contributed by atoms with Gasteiger partial charge in [0.1, 0.15) is 0 Å². The third-order valence-corrected chi connectivity index (χ3v) is 5.86. The van der Waals surface area contributed by atoms with Crippen molar-refractivity contribution in [1.82, 2.24) is 10.3 Å². The van der Waals surface area contributed by atoms with Gasteiger partial charge in [0.2, 0.25) is 5.91 Å². The first-order valence-corrected chi connectivity index (χ1v) is 9.85. The first-order chi connectivity index (χ1) is 13.2. The van der Waals surface area contributed by atoms with Crippen LogP contribution in [-0.2, 0) is 4.79 Å². The Labute approximate surface area is 172 Å². The number of benzene rings is 2. The summed E-state index contributed by atoms with van der Waals surface area (Å²) >= 11 is 0. The smallest absolute Gasteiger partial charge is 0.240 e. The third kappa shape index (κ3) is 4.08. The molecule has 4 rings (SSSR count). The molecule has 1 aliphatic rings. The predicted octanol–water partition coefficient (Wildman–Crippen LogP) is 4.50. The number of aromatic amines is 1. The minimum absolute atomic E-state index is 0. The van der Waals surface area contributed by atoms with Crippen molar-refractivity contribution in [2.45, 2.75) is 43.6 Å². The number of halogens is 1. The van der Waals surface area contributed by atoms with E-state index in [2.05, 4.69) is 46.8 Å². The van der Waals surface area contributed by atoms with Gasteiger partial charge < -0.3 is 16.0 Å². The molecule has 1 aliphatic carbocycles. The molecule has 1 amide bonds. The van der Waals surface area contributed by atoms with Gasteiger partial charge in [-0.05, 0) is 30.0 Å². The molecule has 1 saturated carbocycles. The van der Waals surface area contributed by atoms with Crippen molar-refractivity contribution >= 4 is 29.2 Å². The Balaban J connectivity index is 0.00000225. The standard InChI is InChI=1S/C23H27N3O.ClH/c24-23(13-7-2-8-14-23)22(27)26-15-19(17-9-3-1-4-10-17)20-16-25-21-12-6-5-11-18(20)21;/h1,3-6,9-12,16,19,25H,2,7-8,13-15,24H2,(H,26,27);1H. The van der Waals surface area contributed by atoms with Crippen molar-refractivity contribution in [3.05, 3.63) is 71.9 Å². The van der Waals surface area contributed by atoms with Crippen LogP contribution in [0.15, 0.2) is 60.8 Å². The molecule has 5 heteroatoms. The fraction of sp³-hybridized carbons (Fsp3) is 0.348. The first-order valence-electron chi connectivity index (χ1n) is 9.85. The van der Waals surface area contributed by atoms with Crippen molar-refractivity contribution in [1.29, 1.82) is 0 Å². The predicted molar refractivity (Wildman–Crippen MR) is 117 cm³/mol. The highest BCUT2D eigenvalue weighted by Gasteiger charge is 2.35. The lowest BCUT2D eigenvalue weighted by molar-refractivity contribution is -0.127. The molecule has 0 radical (unpaired) electrons. The number of hydrogen-bond donors (Lipinski definition) is 3. The number of aromatic nitrogens is 1. The summed E-state index contributed by atoms with van der Waals surface area (Å²) in [5, 5.41) is 4.36. The maximum absolute atomic E-state index is 12.8. The summed E-state index contributed by atoms with van der Waals surface area (Å²) in [4.78, 5) is 16.2. The van der Waals surface area contributed by atoms with Crippen LogP contribution in [0, 0.1) is 0 Å². The molecule has 0 bridgehead atoms. The van der Waals surface area contributed by atoms with E-state index in [4.69, 9.17) is 5.73 Å². The SMILES string of the molecule is Cl.NC1(C(=O)NCC(c2ccccc2)c2c[nH]c3ccccc23)CCCCC1. The molecule has 4 nitrogen and oxygen atoms in total. The summed E-state index contributed by atoms with van der Waals surface area (Å²) in [6, 6.07) is 18.6. The molecule has 1 heterocycles. The van der Waals surface area contributed by atoms with E-state index in [1.165, 1.54) is 22.9 Å². The maximum Gasteiger partial charge on any atom is 0.240 e. The summed E-state index contributed by atoms with van der Waals surface area (Å²) in [5.41, 5.74) is 9.22. The van der Waals surface area contributed by atoms with E-state index in [1.54, 1.807) is 0 Å². The molecule has 28 heavy (non-hydrogen) atoms. The quantitative estimate of drug-likeness (QED) is 0.593. The minimum Gasteiger partial charge on any atom is -0.361 e. The summed E-state index contributed by atoms with van der Waals surface area (Å²) in [6.07, 6.45) is 6.87. The van der Waals surface area contributed by atoms with Gasteiger partial charge in [-0.3, -0.25) is 4.79 Å². The van der Waals surface area contributed by atoms with Crippen LogP contribution < -0.4 is 11.1 Å². The number of para-hydroxylation sites is 1. The van der Waals surface area contributed by atoms with E-state index in [1.807, 2.05) is 24.3 Å². The zero-order valence-electron chi connectivity index (χ0n) is 16.0. The van der Waals surface area contributed by atoms with Gasteiger partial charge in [0, 0.05) is 29.6 Å². The number of nitrogens with two attached hydrogens (primary N) is 1. The lowest BCUT2D eigenvalue weighted by atomic mass is 9.81. The minimum atomic E-state index is -0.709. The number of hydrogen-bond acceptors (Lipinski definition) is 2. The van der Waals surface area contributed by atoms with Crippen molar-refractivity contribution < 1.29 is 4.79 Å². The van der Waals surface area contributed by atoms with Crippen LogP contribution in [0.3, 0.4) is 0 Å². The van der Waals surface area contributed by atoms with Gasteiger partial charge in [0.05, 0.1) is 5.54 Å². The molecule has 1 atom stereocenters. The van der Waals surface area contributed by atoms with E-state index >= 15 is 0 Å². The molecule has 3 aromatic rings. The van der Waals surface area contributed by atoms with Gasteiger partial charge in [-0.15, -0.1) is 12.4 Å². The van der Waals surface area contributed by atoms with E-state index in [9.17, 15) is 4.79 Å². The van der Waals surface area contributed by atoms with Gasteiger partial charge in [-0.1, -0.05) is 67.8 Å². The van der Waals surface area contributed by atoms with Gasteiger partial charge in [-0.2, -0.15) is 0 Å². The van der Waals surface area contributed by atoms with Gasteiger partial charge >= 0.3 is 0 Å². The third-order valence-electron chi connectivity index (χ3n) is 5.86. The summed E-state index contributed by atoms with van der Waals surface area (Å²) in [5.74, 6) is 0.0708. The normalized spacial score (nSPS) is 16.9. The summed E-state index contributed by atoms with van der Waals surface area (Å²) < 4.78 is 0. The molecule has 0 spiro atoms. The number of nitrogens with one attached hydrogen (secondary N) is 2. The topological polar surface area (TPSA) is 70.9 Å². The first kappa shape index (κ1) is 20.4. The molecule has 1 fully saturated rings. The Kier molecular flexibility index (Phi) is 6.42. The van der Waals surface area contributed by atoms with Crippen LogP contribution in [0.4, 0.5) is 0 Å². The second-order valence-corrected chi connectivity index (χ2v) is 7.68. The van der Waals surface area contributed by atoms with E-state index in [-0.39, 0.29) is 24.2 Å². The average Bonchev–Trinajstić information content (AvgIpc) is 3.13. The highest BCUT2D eigenvalue weighted by Crippen LogP contribution is 2.31. The molecular formula is C23H28ClN3O. The van der Waals surface area contributed by atoms with Crippen molar-refractivity contribution in [3.63, 3.8) is 0 Å². The fourth-order valence-electron chi connectivity index (χ4n) is 4.26. The van der Waals surface area contributed by atoms with Crippen LogP contribution in [-0.4, -0.2) is 23.0 Å². The van der Waals surface area contributed by atoms with Crippen molar-refractivity contribution in [3.8, 4) is 0 Å². The Morgan fingerprint density at radius 2 is 1.71 bits per heavy atom. The summed E-state index contributed by atoms with van der Waals surface area (Å²) in [6.45, 7) is 0.545. The number of carbonyl (C=O) groups excluding carboxylic acids is 1. The highest BCUT2D eigenvalue weighted by atomic mass is 35.5. The zero-order valence-corrected chi connectivity index (χ0v) is 16.8. The molecule has 0 saturated heterocycles. The Morgan fingerprint density at radius 1 is 1.04 bits per heavy atom. The van der Waals surface area contributed by atoms with Crippen LogP contribution in [0.2, 0.25) is 0 Å². The van der Waals surface area contributed by atoms with Gasteiger partial charge in [0.25, 0.3) is 0 Å². The van der Waals surface area contributed by atoms with E-state index < -0.39 is 5.54 Å². The van der Waals surface area contributed by atoms with E-state index in [0.717, 1.165) is 31.2 Å².